The molecule has 5 rings (SSSR count). The average molecular weight is 545 g/mol. The molecular weight excluding hydrogens is 512 g/mol. The third kappa shape index (κ3) is 5.14. The molecule has 0 atom stereocenters. The van der Waals surface area contributed by atoms with Crippen LogP contribution in [0.15, 0.2) is 51.0 Å². The van der Waals surface area contributed by atoms with Gasteiger partial charge in [-0.25, -0.2) is 9.79 Å². The predicted molar refractivity (Wildman–Crippen MR) is 148 cm³/mol. The zero-order valence-corrected chi connectivity index (χ0v) is 23.3. The Bertz CT molecular complexity index is 1680. The number of carbonyl (C=O) groups is 1. The molecule has 1 aliphatic rings. The highest BCUT2D eigenvalue weighted by molar-refractivity contribution is 5.90. The third-order valence-electron chi connectivity index (χ3n) is 6.91. The van der Waals surface area contributed by atoms with Crippen molar-refractivity contribution in [3.63, 3.8) is 0 Å². The van der Waals surface area contributed by atoms with E-state index in [1.165, 1.54) is 0 Å². The molecule has 1 aliphatic heterocycles. The number of nitrogens with one attached hydrogen (secondary N) is 1. The summed E-state index contributed by atoms with van der Waals surface area (Å²) in [5, 5.41) is 6.31. The number of benzene rings is 2. The Balaban J connectivity index is 1.64. The van der Waals surface area contributed by atoms with Gasteiger partial charge in [0, 0.05) is 31.3 Å². The number of aryl methyl sites for hydroxylation is 4. The van der Waals surface area contributed by atoms with Gasteiger partial charge in [-0.15, -0.1) is 0 Å². The lowest BCUT2D eigenvalue weighted by atomic mass is 9.97. The van der Waals surface area contributed by atoms with Gasteiger partial charge in [0.25, 0.3) is 11.7 Å². The predicted octanol–water partition coefficient (Wildman–Crippen LogP) is 3.25. The van der Waals surface area contributed by atoms with Crippen LogP contribution in [0.4, 0.5) is 5.69 Å². The first-order valence-corrected chi connectivity index (χ1v) is 13.2. The van der Waals surface area contributed by atoms with Crippen molar-refractivity contribution >= 4 is 11.6 Å². The van der Waals surface area contributed by atoms with Crippen LogP contribution in [-0.4, -0.2) is 45.4 Å². The molecule has 1 amide bonds. The first-order chi connectivity index (χ1) is 19.3. The maximum absolute atomic E-state index is 13.9. The maximum atomic E-state index is 13.9. The second-order valence-electron chi connectivity index (χ2n) is 9.69. The minimum absolute atomic E-state index is 0.0695. The number of amides is 1. The molecule has 0 bridgehead atoms. The van der Waals surface area contributed by atoms with E-state index in [1.807, 2.05) is 45.9 Å². The number of carbonyl (C=O) groups excluding carboxylic acids is 1. The van der Waals surface area contributed by atoms with Crippen LogP contribution in [0.3, 0.4) is 0 Å². The van der Waals surface area contributed by atoms with Crippen molar-refractivity contribution in [1.82, 2.24) is 24.6 Å². The van der Waals surface area contributed by atoms with Gasteiger partial charge in [-0.1, -0.05) is 22.9 Å². The van der Waals surface area contributed by atoms with E-state index >= 15 is 0 Å². The molecule has 1 N–H and O–H groups in total. The van der Waals surface area contributed by atoms with Gasteiger partial charge in [-0.3, -0.25) is 13.9 Å². The molecule has 0 saturated carbocycles. The summed E-state index contributed by atoms with van der Waals surface area (Å²) in [6.07, 6.45) is 1.75. The molecule has 4 aromatic rings. The van der Waals surface area contributed by atoms with Crippen molar-refractivity contribution in [1.29, 1.82) is 0 Å². The highest BCUT2D eigenvalue weighted by Crippen LogP contribution is 2.37. The fourth-order valence-electron chi connectivity index (χ4n) is 5.17. The molecule has 0 aliphatic carbocycles. The van der Waals surface area contributed by atoms with E-state index in [1.54, 1.807) is 16.2 Å². The van der Waals surface area contributed by atoms with Crippen LogP contribution in [0.25, 0.3) is 11.3 Å². The fraction of sp³-hybridized carbons (Fsp3) is 0.345. The Hall–Kier alpha value is -4.67. The van der Waals surface area contributed by atoms with Gasteiger partial charge in [0.05, 0.1) is 25.1 Å². The van der Waals surface area contributed by atoms with Crippen molar-refractivity contribution in [3.05, 3.63) is 80.8 Å². The van der Waals surface area contributed by atoms with Crippen LogP contribution in [-0.2, 0) is 19.5 Å². The maximum Gasteiger partial charge on any atom is 0.330 e. The number of methoxy groups -OCH3 is 1. The van der Waals surface area contributed by atoms with E-state index in [4.69, 9.17) is 14.5 Å². The summed E-state index contributed by atoms with van der Waals surface area (Å²) in [7, 11) is 1.60. The normalized spacial score (nSPS) is 12.6. The Kier molecular flexibility index (Phi) is 7.54. The first kappa shape index (κ1) is 26.9. The lowest BCUT2D eigenvalue weighted by Gasteiger charge is -2.25. The molecule has 0 radical (unpaired) electrons. The van der Waals surface area contributed by atoms with Gasteiger partial charge in [0.1, 0.15) is 5.49 Å². The Labute approximate surface area is 231 Å². The standard InChI is InChI=1S/C29H32N6O5/c1-6-39-24-13-20-7-9-34-22(21(20)14-23(24)38-5)15-25(32-26-18(3)11-17(2)12-19(26)4)35(29(34)37)10-8-30-28(36)27-31-16-40-33-27/h11-16H,6-10H2,1-5H3,(H,30,36). The molecule has 11 nitrogen and oxygen atoms in total. The Morgan fingerprint density at radius 1 is 1.12 bits per heavy atom. The Morgan fingerprint density at radius 3 is 2.58 bits per heavy atom. The zero-order chi connectivity index (χ0) is 28.4. The molecule has 40 heavy (non-hydrogen) atoms. The fourth-order valence-corrected chi connectivity index (χ4v) is 5.17. The quantitative estimate of drug-likeness (QED) is 0.361. The lowest BCUT2D eigenvalue weighted by Crippen LogP contribution is -2.44. The van der Waals surface area contributed by atoms with Crippen LogP contribution in [0.2, 0.25) is 0 Å². The van der Waals surface area contributed by atoms with Crippen LogP contribution < -0.4 is 26.0 Å². The summed E-state index contributed by atoms with van der Waals surface area (Å²) in [5.74, 6) is 0.729. The summed E-state index contributed by atoms with van der Waals surface area (Å²) in [6, 6.07) is 9.99. The summed E-state index contributed by atoms with van der Waals surface area (Å²) < 4.78 is 19.4. The SMILES string of the molecule is CCOc1cc2c(cc1OC)-c1cc(=Nc3c(C)cc(C)cc3C)n(CCNC(=O)c3ncon3)c(=O)n1CC2. The van der Waals surface area contributed by atoms with Crippen molar-refractivity contribution in [2.75, 3.05) is 20.3 Å². The van der Waals surface area contributed by atoms with Gasteiger partial charge in [0.2, 0.25) is 6.39 Å². The van der Waals surface area contributed by atoms with Crippen LogP contribution in [0, 0.1) is 20.8 Å². The Morgan fingerprint density at radius 2 is 1.90 bits per heavy atom. The van der Waals surface area contributed by atoms with E-state index < -0.39 is 5.91 Å². The first-order valence-electron chi connectivity index (χ1n) is 13.2. The smallest absolute Gasteiger partial charge is 0.330 e. The average Bonchev–Trinajstić information content (AvgIpc) is 3.47. The molecule has 0 unspecified atom stereocenters. The topological polar surface area (TPSA) is 126 Å². The number of hydrogen-bond donors (Lipinski definition) is 1. The van der Waals surface area contributed by atoms with E-state index in [9.17, 15) is 9.59 Å². The van der Waals surface area contributed by atoms with Gasteiger partial charge >= 0.3 is 5.69 Å². The minimum atomic E-state index is -0.484. The van der Waals surface area contributed by atoms with Crippen molar-refractivity contribution < 1.29 is 18.8 Å². The summed E-state index contributed by atoms with van der Waals surface area (Å²) >= 11 is 0. The second kappa shape index (κ2) is 11.2. The van der Waals surface area contributed by atoms with Crippen LogP contribution in [0.5, 0.6) is 11.5 Å². The molecule has 2 aromatic carbocycles. The van der Waals surface area contributed by atoms with Crippen molar-refractivity contribution in [3.8, 4) is 22.8 Å². The van der Waals surface area contributed by atoms with Crippen molar-refractivity contribution in [2.45, 2.75) is 47.2 Å². The number of aromatic nitrogens is 4. The van der Waals surface area contributed by atoms with Crippen molar-refractivity contribution in [2.24, 2.45) is 4.99 Å². The van der Waals surface area contributed by atoms with E-state index in [2.05, 4.69) is 32.1 Å². The molecule has 0 saturated heterocycles. The van der Waals surface area contributed by atoms with Gasteiger partial charge in [0.15, 0.2) is 11.5 Å². The molecule has 0 spiro atoms. The molecule has 2 aromatic heterocycles. The number of rotatable bonds is 8. The largest absolute Gasteiger partial charge is 0.493 e. The molecule has 3 heterocycles. The molecular formula is C29H32N6O5. The summed E-state index contributed by atoms with van der Waals surface area (Å²) in [6.45, 7) is 9.38. The van der Waals surface area contributed by atoms with E-state index in [-0.39, 0.29) is 24.6 Å². The summed E-state index contributed by atoms with van der Waals surface area (Å²) in [5.41, 5.74) is 6.96. The molecule has 208 valence electrons. The number of hydrogen-bond acceptors (Lipinski definition) is 8. The number of nitrogens with zero attached hydrogens (tertiary/aromatic N) is 5. The monoisotopic (exact) mass is 544 g/mol. The van der Waals surface area contributed by atoms with E-state index in [0.717, 1.165) is 45.6 Å². The highest BCUT2D eigenvalue weighted by Gasteiger charge is 2.23. The highest BCUT2D eigenvalue weighted by atomic mass is 16.5. The number of fused-ring (bicyclic) bond motifs is 3. The third-order valence-corrected chi connectivity index (χ3v) is 6.91. The van der Waals surface area contributed by atoms with E-state index in [0.29, 0.717) is 36.6 Å². The van der Waals surface area contributed by atoms with Gasteiger partial charge in [-0.05, 0) is 62.9 Å². The molecule has 0 fully saturated rings. The summed E-state index contributed by atoms with van der Waals surface area (Å²) in [4.78, 5) is 35.1. The van der Waals surface area contributed by atoms with Gasteiger partial charge < -0.3 is 19.3 Å². The van der Waals surface area contributed by atoms with Crippen LogP contribution in [0.1, 0.15) is 39.8 Å². The minimum Gasteiger partial charge on any atom is -0.493 e. The lowest BCUT2D eigenvalue weighted by molar-refractivity contribution is 0.0938. The molecule has 11 heteroatoms. The number of ether oxygens (including phenoxy) is 2. The zero-order valence-electron chi connectivity index (χ0n) is 23.3. The second-order valence-corrected chi connectivity index (χ2v) is 9.69. The van der Waals surface area contributed by atoms with Gasteiger partial charge in [-0.2, -0.15) is 4.98 Å². The van der Waals surface area contributed by atoms with Crippen LogP contribution >= 0.6 is 0 Å².